The topological polar surface area (TPSA) is 89.3 Å². The molecule has 7 nitrogen and oxygen atoms in total. The summed E-state index contributed by atoms with van der Waals surface area (Å²) in [7, 11) is 1.66. The molecule has 1 atom stereocenters. The molecular weight excluding hydrogens is 260 g/mol. The molecule has 1 aliphatic rings. The third kappa shape index (κ3) is 3.16. The van der Waals surface area contributed by atoms with Gasteiger partial charge in [-0.2, -0.15) is 0 Å². The molecule has 20 heavy (non-hydrogen) atoms. The number of aromatic carboxylic acids is 1. The van der Waals surface area contributed by atoms with E-state index in [9.17, 15) is 9.90 Å². The van der Waals surface area contributed by atoms with Gasteiger partial charge >= 0.3 is 5.97 Å². The molecule has 0 aromatic carbocycles. The number of hydrogen-bond donors (Lipinski definition) is 2. The molecule has 112 valence electrons. The highest BCUT2D eigenvalue weighted by molar-refractivity contribution is 5.86. The van der Waals surface area contributed by atoms with Crippen molar-refractivity contribution in [1.29, 1.82) is 0 Å². The van der Waals surface area contributed by atoms with Crippen LogP contribution in [0.15, 0.2) is 0 Å². The number of methoxy groups -OCH3 is 1. The number of carboxylic acid groups (broad SMARTS) is 1. The lowest BCUT2D eigenvalue weighted by Crippen LogP contribution is -2.29. The average Bonchev–Trinajstić information content (AvgIpc) is 2.90. The van der Waals surface area contributed by atoms with Crippen molar-refractivity contribution in [3.05, 3.63) is 11.4 Å². The minimum atomic E-state index is -0.997. The van der Waals surface area contributed by atoms with Gasteiger partial charge in [0.1, 0.15) is 0 Å². The summed E-state index contributed by atoms with van der Waals surface area (Å²) in [6, 6.07) is 0.0837. The zero-order valence-electron chi connectivity index (χ0n) is 12.0. The highest BCUT2D eigenvalue weighted by Gasteiger charge is 2.29. The molecule has 1 aromatic heterocycles. The molecule has 1 unspecified atom stereocenters. The lowest BCUT2D eigenvalue weighted by molar-refractivity contribution is 0.0688. The van der Waals surface area contributed by atoms with Crippen LogP contribution in [0.2, 0.25) is 0 Å². The normalized spacial score (nSPS) is 18.1. The van der Waals surface area contributed by atoms with Crippen LogP contribution in [-0.2, 0) is 4.74 Å². The Morgan fingerprint density at radius 3 is 2.85 bits per heavy atom. The fourth-order valence-corrected chi connectivity index (χ4v) is 2.67. The number of carbonyl (C=O) groups is 1. The molecule has 1 fully saturated rings. The Bertz CT molecular complexity index is 454. The number of aromatic nitrogens is 3. The quantitative estimate of drug-likeness (QED) is 0.810. The standard InChI is InChI=1S/C13H22N4O3/c1-9(5-8-20-2)17-12(10-3-6-14-7-4-10)11(13(18)19)15-16-17/h9-10,14H,3-8H2,1-2H3,(H,18,19). The van der Waals surface area contributed by atoms with E-state index >= 15 is 0 Å². The molecule has 2 heterocycles. The monoisotopic (exact) mass is 282 g/mol. The van der Waals surface area contributed by atoms with Gasteiger partial charge in [0.2, 0.25) is 0 Å². The summed E-state index contributed by atoms with van der Waals surface area (Å²) >= 11 is 0. The molecular formula is C13H22N4O3. The third-order valence-corrected chi connectivity index (χ3v) is 3.82. The zero-order chi connectivity index (χ0) is 14.5. The van der Waals surface area contributed by atoms with Gasteiger partial charge in [-0.3, -0.25) is 0 Å². The van der Waals surface area contributed by atoms with E-state index in [2.05, 4.69) is 15.6 Å². The summed E-state index contributed by atoms with van der Waals surface area (Å²) in [5.41, 5.74) is 0.865. The summed E-state index contributed by atoms with van der Waals surface area (Å²) in [5, 5.41) is 20.5. The first-order valence-corrected chi connectivity index (χ1v) is 7.03. The van der Waals surface area contributed by atoms with Crippen molar-refractivity contribution in [2.45, 2.75) is 38.1 Å². The summed E-state index contributed by atoms with van der Waals surface area (Å²) in [4.78, 5) is 11.4. The van der Waals surface area contributed by atoms with Crippen molar-refractivity contribution < 1.29 is 14.6 Å². The van der Waals surface area contributed by atoms with Crippen molar-refractivity contribution in [2.24, 2.45) is 0 Å². The molecule has 0 saturated carbocycles. The van der Waals surface area contributed by atoms with E-state index in [1.165, 1.54) is 0 Å². The molecule has 0 aliphatic carbocycles. The van der Waals surface area contributed by atoms with Crippen LogP contribution < -0.4 is 5.32 Å². The van der Waals surface area contributed by atoms with Gasteiger partial charge in [-0.05, 0) is 39.3 Å². The maximum absolute atomic E-state index is 11.4. The molecule has 1 aromatic rings. The van der Waals surface area contributed by atoms with Crippen LogP contribution in [0, 0.1) is 0 Å². The Morgan fingerprint density at radius 2 is 2.25 bits per heavy atom. The van der Waals surface area contributed by atoms with Crippen LogP contribution in [0.25, 0.3) is 0 Å². The molecule has 0 spiro atoms. The van der Waals surface area contributed by atoms with E-state index < -0.39 is 5.97 Å². The fourth-order valence-electron chi connectivity index (χ4n) is 2.67. The molecule has 1 saturated heterocycles. The second kappa shape index (κ2) is 6.81. The summed E-state index contributed by atoms with van der Waals surface area (Å²) < 4.78 is 6.86. The van der Waals surface area contributed by atoms with Gasteiger partial charge in [-0.15, -0.1) is 5.10 Å². The van der Waals surface area contributed by atoms with Crippen LogP contribution in [0.3, 0.4) is 0 Å². The number of rotatable bonds is 6. The lowest BCUT2D eigenvalue weighted by Gasteiger charge is -2.25. The highest BCUT2D eigenvalue weighted by atomic mass is 16.5. The van der Waals surface area contributed by atoms with E-state index in [0.717, 1.165) is 38.0 Å². The number of nitrogens with one attached hydrogen (secondary N) is 1. The Hall–Kier alpha value is -1.47. The second-order valence-electron chi connectivity index (χ2n) is 5.23. The van der Waals surface area contributed by atoms with Gasteiger partial charge in [0, 0.05) is 19.6 Å². The molecule has 0 bridgehead atoms. The van der Waals surface area contributed by atoms with E-state index in [4.69, 9.17) is 4.74 Å². The molecule has 2 rings (SSSR count). The predicted molar refractivity (Wildman–Crippen MR) is 73.0 cm³/mol. The first-order valence-electron chi connectivity index (χ1n) is 7.03. The molecule has 1 aliphatic heterocycles. The SMILES string of the molecule is COCCC(C)n1nnc(C(=O)O)c1C1CCNCC1. The molecule has 0 amide bonds. The first kappa shape index (κ1) is 14.9. The molecule has 0 radical (unpaired) electrons. The van der Waals surface area contributed by atoms with E-state index in [-0.39, 0.29) is 17.7 Å². The minimum absolute atomic E-state index is 0.0837. The van der Waals surface area contributed by atoms with Gasteiger partial charge in [-0.1, -0.05) is 5.21 Å². The largest absolute Gasteiger partial charge is 0.476 e. The van der Waals surface area contributed by atoms with E-state index in [1.807, 2.05) is 6.92 Å². The second-order valence-corrected chi connectivity index (χ2v) is 5.23. The zero-order valence-corrected chi connectivity index (χ0v) is 12.0. The average molecular weight is 282 g/mol. The number of ether oxygens (including phenoxy) is 1. The van der Waals surface area contributed by atoms with Crippen LogP contribution in [0.5, 0.6) is 0 Å². The van der Waals surface area contributed by atoms with Crippen molar-refractivity contribution in [3.8, 4) is 0 Å². The van der Waals surface area contributed by atoms with Crippen molar-refractivity contribution in [1.82, 2.24) is 20.3 Å². The smallest absolute Gasteiger partial charge is 0.358 e. The van der Waals surface area contributed by atoms with Crippen molar-refractivity contribution in [3.63, 3.8) is 0 Å². The number of nitrogens with zero attached hydrogens (tertiary/aromatic N) is 3. The van der Waals surface area contributed by atoms with E-state index in [1.54, 1.807) is 11.8 Å². The molecule has 7 heteroatoms. The Labute approximate surface area is 118 Å². The number of piperidine rings is 1. The Morgan fingerprint density at radius 1 is 1.55 bits per heavy atom. The van der Waals surface area contributed by atoms with Crippen LogP contribution in [-0.4, -0.2) is 52.9 Å². The van der Waals surface area contributed by atoms with E-state index in [0.29, 0.717) is 6.61 Å². The summed E-state index contributed by atoms with van der Waals surface area (Å²) in [5.74, 6) is -0.786. The summed E-state index contributed by atoms with van der Waals surface area (Å²) in [6.45, 7) is 4.45. The Kier molecular flexibility index (Phi) is 5.08. The van der Waals surface area contributed by atoms with Gasteiger partial charge in [-0.25, -0.2) is 9.48 Å². The predicted octanol–water partition coefficient (Wildman–Crippen LogP) is 1.04. The highest BCUT2D eigenvalue weighted by Crippen LogP contribution is 2.29. The van der Waals surface area contributed by atoms with Crippen molar-refractivity contribution in [2.75, 3.05) is 26.8 Å². The maximum Gasteiger partial charge on any atom is 0.358 e. The van der Waals surface area contributed by atoms with Crippen LogP contribution in [0.4, 0.5) is 0 Å². The minimum Gasteiger partial charge on any atom is -0.476 e. The molecule has 2 N–H and O–H groups in total. The number of hydrogen-bond acceptors (Lipinski definition) is 5. The van der Waals surface area contributed by atoms with Gasteiger partial charge in [0.25, 0.3) is 0 Å². The third-order valence-electron chi connectivity index (χ3n) is 3.82. The van der Waals surface area contributed by atoms with Gasteiger partial charge in [0.05, 0.1) is 11.7 Å². The first-order chi connectivity index (χ1) is 9.65. The number of carboxylic acids is 1. The maximum atomic E-state index is 11.4. The van der Waals surface area contributed by atoms with Gasteiger partial charge in [0.15, 0.2) is 5.69 Å². The summed E-state index contributed by atoms with van der Waals surface area (Å²) in [6.07, 6.45) is 2.63. The Balaban J connectivity index is 2.28. The van der Waals surface area contributed by atoms with Gasteiger partial charge < -0.3 is 15.2 Å². The van der Waals surface area contributed by atoms with Crippen molar-refractivity contribution >= 4 is 5.97 Å². The van der Waals surface area contributed by atoms with Crippen LogP contribution >= 0.6 is 0 Å². The van der Waals surface area contributed by atoms with Crippen LogP contribution in [0.1, 0.15) is 54.3 Å². The fraction of sp³-hybridized carbons (Fsp3) is 0.769. The lowest BCUT2D eigenvalue weighted by atomic mass is 9.92.